The highest BCUT2D eigenvalue weighted by atomic mass is 16.5. The molecule has 0 spiro atoms. The molecule has 4 heterocycles. The number of ether oxygens (including phenoxy) is 1. The number of para-hydroxylation sites is 1. The Morgan fingerprint density at radius 3 is 2.97 bits per heavy atom. The van der Waals surface area contributed by atoms with Gasteiger partial charge in [0.15, 0.2) is 0 Å². The predicted octanol–water partition coefficient (Wildman–Crippen LogP) is 2.90. The second-order valence-electron chi connectivity index (χ2n) is 7.40. The molecule has 0 atom stereocenters. The molecule has 9 nitrogen and oxygen atoms in total. The summed E-state index contributed by atoms with van der Waals surface area (Å²) in [4.78, 5) is 26.4. The van der Waals surface area contributed by atoms with Crippen molar-refractivity contribution < 1.29 is 9.53 Å². The number of nitrogen functional groups attached to an aromatic ring is 1. The Morgan fingerprint density at radius 2 is 2.23 bits per heavy atom. The summed E-state index contributed by atoms with van der Waals surface area (Å²) in [7, 11) is 3.29. The number of hydrogen-bond acceptors (Lipinski definition) is 5. The van der Waals surface area contributed by atoms with Gasteiger partial charge in [0.2, 0.25) is 0 Å². The number of imidazole rings is 1. The normalized spacial score (nSPS) is 14.1. The van der Waals surface area contributed by atoms with E-state index in [0.717, 1.165) is 45.0 Å². The number of methoxy groups -OCH3 is 1. The standard InChI is InChI=1S/C22H23N7O2/c1-24-22(30)28-9-6-13(7-10-28)21-27-18(19-20(23)25-8-11-29(19)21)15-12-14-4-3-5-16(31-2)17(14)26-15/h3-6,8,11-12,26H,7,9-10H2,1-2H3,(H2,23,25)(H,24,30). The van der Waals surface area contributed by atoms with Crippen molar-refractivity contribution in [3.8, 4) is 17.1 Å². The van der Waals surface area contributed by atoms with Crippen LogP contribution in [0.1, 0.15) is 12.2 Å². The summed E-state index contributed by atoms with van der Waals surface area (Å²) in [6.45, 7) is 1.16. The van der Waals surface area contributed by atoms with Crippen molar-refractivity contribution in [2.75, 3.05) is 33.0 Å². The molecule has 1 aromatic carbocycles. The molecule has 0 saturated carbocycles. The molecule has 4 N–H and O–H groups in total. The first-order valence-electron chi connectivity index (χ1n) is 10.1. The third kappa shape index (κ3) is 3.05. The quantitative estimate of drug-likeness (QED) is 0.474. The number of anilines is 1. The van der Waals surface area contributed by atoms with E-state index in [1.807, 2.05) is 40.9 Å². The van der Waals surface area contributed by atoms with Crippen molar-refractivity contribution in [3.05, 3.63) is 48.6 Å². The van der Waals surface area contributed by atoms with E-state index >= 15 is 0 Å². The molecule has 0 bridgehead atoms. The maximum atomic E-state index is 11.9. The van der Waals surface area contributed by atoms with Gasteiger partial charge in [0.05, 0.1) is 18.3 Å². The topological polar surface area (TPSA) is 114 Å². The molecule has 4 aromatic rings. The van der Waals surface area contributed by atoms with Gasteiger partial charge in [0.25, 0.3) is 0 Å². The minimum atomic E-state index is -0.0792. The van der Waals surface area contributed by atoms with E-state index in [1.165, 1.54) is 0 Å². The average Bonchev–Trinajstić information content (AvgIpc) is 3.41. The van der Waals surface area contributed by atoms with Crippen molar-refractivity contribution in [1.29, 1.82) is 0 Å². The Bertz CT molecular complexity index is 1330. The number of nitrogens with two attached hydrogens (primary N) is 1. The smallest absolute Gasteiger partial charge is 0.317 e. The largest absolute Gasteiger partial charge is 0.495 e. The number of nitrogens with zero attached hydrogens (tertiary/aromatic N) is 4. The van der Waals surface area contributed by atoms with E-state index in [0.29, 0.717) is 25.3 Å². The highest BCUT2D eigenvalue weighted by molar-refractivity contribution is 5.94. The third-order valence-electron chi connectivity index (χ3n) is 5.67. The predicted molar refractivity (Wildman–Crippen MR) is 120 cm³/mol. The summed E-state index contributed by atoms with van der Waals surface area (Å²) in [6.07, 6.45) is 6.29. The zero-order valence-corrected chi connectivity index (χ0v) is 17.3. The molecular weight excluding hydrogens is 394 g/mol. The van der Waals surface area contributed by atoms with E-state index in [4.69, 9.17) is 15.5 Å². The van der Waals surface area contributed by atoms with Gasteiger partial charge < -0.3 is 25.7 Å². The number of nitrogens with one attached hydrogen (secondary N) is 2. The SMILES string of the molecule is CNC(=O)N1CC=C(c2nc(-c3cc4cccc(OC)c4[nH]3)c3c(N)nccn23)CC1. The van der Waals surface area contributed by atoms with Gasteiger partial charge >= 0.3 is 6.03 Å². The van der Waals surface area contributed by atoms with Crippen LogP contribution in [0.3, 0.4) is 0 Å². The number of fused-ring (bicyclic) bond motifs is 2. The molecule has 9 heteroatoms. The Morgan fingerprint density at radius 1 is 1.35 bits per heavy atom. The van der Waals surface area contributed by atoms with Crippen LogP contribution in [0.5, 0.6) is 5.75 Å². The van der Waals surface area contributed by atoms with Crippen LogP contribution in [0.25, 0.3) is 33.4 Å². The van der Waals surface area contributed by atoms with E-state index in [-0.39, 0.29) is 6.03 Å². The van der Waals surface area contributed by atoms with Crippen LogP contribution in [-0.4, -0.2) is 57.5 Å². The Balaban J connectivity index is 1.65. The van der Waals surface area contributed by atoms with Crippen LogP contribution in [0.4, 0.5) is 10.6 Å². The summed E-state index contributed by atoms with van der Waals surface area (Å²) in [5.41, 5.74) is 10.6. The average molecular weight is 417 g/mol. The number of carbonyl (C=O) groups excluding carboxylic acids is 1. The van der Waals surface area contributed by atoms with Gasteiger partial charge in [-0.2, -0.15) is 0 Å². The van der Waals surface area contributed by atoms with Gasteiger partial charge in [-0.15, -0.1) is 0 Å². The molecule has 0 radical (unpaired) electrons. The number of aromatic nitrogens is 4. The maximum Gasteiger partial charge on any atom is 0.317 e. The van der Waals surface area contributed by atoms with Crippen LogP contribution in [-0.2, 0) is 0 Å². The molecule has 0 unspecified atom stereocenters. The fraction of sp³-hybridized carbons (Fsp3) is 0.227. The minimum absolute atomic E-state index is 0.0792. The number of H-pyrrole nitrogens is 1. The van der Waals surface area contributed by atoms with Crippen molar-refractivity contribution in [1.82, 2.24) is 29.6 Å². The fourth-order valence-corrected chi connectivity index (χ4v) is 4.12. The lowest BCUT2D eigenvalue weighted by atomic mass is 10.1. The highest BCUT2D eigenvalue weighted by Gasteiger charge is 2.23. The lowest BCUT2D eigenvalue weighted by Crippen LogP contribution is -2.40. The summed E-state index contributed by atoms with van der Waals surface area (Å²) >= 11 is 0. The molecule has 0 saturated heterocycles. The zero-order valence-electron chi connectivity index (χ0n) is 17.3. The molecule has 3 aromatic heterocycles. The van der Waals surface area contributed by atoms with Gasteiger partial charge in [-0.3, -0.25) is 4.40 Å². The first kappa shape index (κ1) is 19.0. The number of aromatic amines is 1. The molecule has 31 heavy (non-hydrogen) atoms. The Kier molecular flexibility index (Phi) is 4.50. The highest BCUT2D eigenvalue weighted by Crippen LogP contribution is 2.35. The number of amides is 2. The molecule has 1 aliphatic rings. The third-order valence-corrected chi connectivity index (χ3v) is 5.67. The fourth-order valence-electron chi connectivity index (χ4n) is 4.12. The van der Waals surface area contributed by atoms with Crippen molar-refractivity contribution in [3.63, 3.8) is 0 Å². The van der Waals surface area contributed by atoms with E-state index in [2.05, 4.69) is 15.3 Å². The monoisotopic (exact) mass is 417 g/mol. The van der Waals surface area contributed by atoms with E-state index < -0.39 is 0 Å². The maximum absolute atomic E-state index is 11.9. The molecule has 0 aliphatic carbocycles. The molecule has 1 aliphatic heterocycles. The van der Waals surface area contributed by atoms with Crippen molar-refractivity contribution >= 4 is 33.8 Å². The number of hydrogen-bond donors (Lipinski definition) is 3. The van der Waals surface area contributed by atoms with Crippen LogP contribution in [0.2, 0.25) is 0 Å². The summed E-state index contributed by atoms with van der Waals surface area (Å²) < 4.78 is 7.46. The van der Waals surface area contributed by atoms with Gasteiger partial charge in [-0.25, -0.2) is 14.8 Å². The number of benzene rings is 1. The number of urea groups is 1. The van der Waals surface area contributed by atoms with Gasteiger partial charge in [-0.05, 0) is 24.1 Å². The first-order valence-corrected chi connectivity index (χ1v) is 10.1. The second kappa shape index (κ2) is 7.35. The van der Waals surface area contributed by atoms with Gasteiger partial charge in [0.1, 0.15) is 28.6 Å². The van der Waals surface area contributed by atoms with E-state index in [9.17, 15) is 4.79 Å². The number of rotatable bonds is 3. The summed E-state index contributed by atoms with van der Waals surface area (Å²) in [6, 6.07) is 7.86. The second-order valence-corrected chi connectivity index (χ2v) is 7.40. The van der Waals surface area contributed by atoms with Crippen LogP contribution < -0.4 is 15.8 Å². The molecular formula is C22H23N7O2. The molecule has 5 rings (SSSR count). The summed E-state index contributed by atoms with van der Waals surface area (Å²) in [5.74, 6) is 1.98. The first-order chi connectivity index (χ1) is 15.1. The molecule has 2 amide bonds. The van der Waals surface area contributed by atoms with Gasteiger partial charge in [-0.1, -0.05) is 18.2 Å². The zero-order chi connectivity index (χ0) is 21.5. The molecule has 158 valence electrons. The number of carbonyl (C=O) groups is 1. The summed E-state index contributed by atoms with van der Waals surface area (Å²) in [5, 5.41) is 3.70. The van der Waals surface area contributed by atoms with Gasteiger partial charge in [0, 0.05) is 37.9 Å². The van der Waals surface area contributed by atoms with Crippen molar-refractivity contribution in [2.24, 2.45) is 0 Å². The lowest BCUT2D eigenvalue weighted by molar-refractivity contribution is 0.205. The van der Waals surface area contributed by atoms with Crippen LogP contribution >= 0.6 is 0 Å². The Hall–Kier alpha value is -4.01. The van der Waals surface area contributed by atoms with Crippen LogP contribution in [0.15, 0.2) is 42.7 Å². The molecule has 0 fully saturated rings. The Labute approximate surface area is 178 Å². The van der Waals surface area contributed by atoms with E-state index in [1.54, 1.807) is 25.3 Å². The van der Waals surface area contributed by atoms with Crippen LogP contribution in [0, 0.1) is 0 Å². The minimum Gasteiger partial charge on any atom is -0.495 e. The lowest BCUT2D eigenvalue weighted by Gasteiger charge is -2.25. The van der Waals surface area contributed by atoms with Crippen molar-refractivity contribution in [2.45, 2.75) is 6.42 Å².